The van der Waals surface area contributed by atoms with Gasteiger partial charge in [0.2, 0.25) is 0 Å². The average molecular weight is 415 g/mol. The van der Waals surface area contributed by atoms with E-state index < -0.39 is 0 Å². The summed E-state index contributed by atoms with van der Waals surface area (Å²) in [5.41, 5.74) is 1.91. The van der Waals surface area contributed by atoms with Crippen LogP contribution in [0, 0.1) is 0 Å². The van der Waals surface area contributed by atoms with E-state index in [1.54, 1.807) is 0 Å². The third kappa shape index (κ3) is 5.13. The average Bonchev–Trinajstić information content (AvgIpc) is 3.39. The van der Waals surface area contributed by atoms with Crippen LogP contribution in [0.4, 0.5) is 5.69 Å². The number of hydrogen-bond acceptors (Lipinski definition) is 8. The minimum absolute atomic E-state index is 0.538. The lowest BCUT2D eigenvalue weighted by molar-refractivity contribution is 0.299. The monoisotopic (exact) mass is 414 g/mol. The Hall–Kier alpha value is -2.45. The maximum atomic E-state index is 5.87. The molecule has 0 N–H and O–H groups in total. The normalized spacial score (nSPS) is 14.6. The Bertz CT molecular complexity index is 905. The van der Waals surface area contributed by atoms with E-state index in [0.29, 0.717) is 24.7 Å². The Morgan fingerprint density at radius 1 is 1.07 bits per heavy atom. The molecule has 154 valence electrons. The quantitative estimate of drug-likeness (QED) is 0.353. The SMILES string of the molecule is CCOc1noc2cc(OCCCCCN3CCN(c4ccncc4)S3)ccc12. The third-order valence-electron chi connectivity index (χ3n) is 4.73. The van der Waals surface area contributed by atoms with Crippen LogP contribution in [0.1, 0.15) is 26.2 Å². The molecule has 0 bridgehead atoms. The van der Waals surface area contributed by atoms with E-state index in [0.717, 1.165) is 43.6 Å². The smallest absolute Gasteiger partial charge is 0.262 e. The molecule has 2 aromatic heterocycles. The highest BCUT2D eigenvalue weighted by atomic mass is 32.2. The second-order valence-corrected chi connectivity index (χ2v) is 7.93. The fourth-order valence-electron chi connectivity index (χ4n) is 3.24. The van der Waals surface area contributed by atoms with Crippen LogP contribution in [0.25, 0.3) is 11.0 Å². The maximum absolute atomic E-state index is 5.87. The second-order valence-electron chi connectivity index (χ2n) is 6.81. The Morgan fingerprint density at radius 3 is 2.83 bits per heavy atom. The Morgan fingerprint density at radius 2 is 1.97 bits per heavy atom. The van der Waals surface area contributed by atoms with Gasteiger partial charge in [-0.2, -0.15) is 0 Å². The molecule has 3 heterocycles. The summed E-state index contributed by atoms with van der Waals surface area (Å²) in [4.78, 5) is 4.08. The van der Waals surface area contributed by atoms with Gasteiger partial charge in [0.25, 0.3) is 5.88 Å². The Balaban J connectivity index is 1.13. The van der Waals surface area contributed by atoms with Gasteiger partial charge in [-0.25, -0.2) is 4.31 Å². The fraction of sp³-hybridized carbons (Fsp3) is 0.429. The predicted octanol–water partition coefficient (Wildman–Crippen LogP) is 4.56. The summed E-state index contributed by atoms with van der Waals surface area (Å²) < 4.78 is 21.4. The van der Waals surface area contributed by atoms with Gasteiger partial charge >= 0.3 is 0 Å². The van der Waals surface area contributed by atoms with Gasteiger partial charge < -0.3 is 18.3 Å². The molecular formula is C21H26N4O3S. The maximum Gasteiger partial charge on any atom is 0.262 e. The lowest BCUT2D eigenvalue weighted by Gasteiger charge is -2.17. The van der Waals surface area contributed by atoms with Crippen LogP contribution >= 0.6 is 12.1 Å². The van der Waals surface area contributed by atoms with Crippen LogP contribution in [0.5, 0.6) is 11.6 Å². The molecule has 7 nitrogen and oxygen atoms in total. The lowest BCUT2D eigenvalue weighted by Crippen LogP contribution is -2.14. The minimum Gasteiger partial charge on any atom is -0.493 e. The van der Waals surface area contributed by atoms with Gasteiger partial charge in [-0.15, -0.1) is 0 Å². The van der Waals surface area contributed by atoms with Crippen molar-refractivity contribution in [3.63, 3.8) is 0 Å². The summed E-state index contributed by atoms with van der Waals surface area (Å²) in [5.74, 6) is 1.34. The highest BCUT2D eigenvalue weighted by Crippen LogP contribution is 2.30. The number of pyridine rings is 1. The van der Waals surface area contributed by atoms with Crippen molar-refractivity contribution >= 4 is 28.8 Å². The highest BCUT2D eigenvalue weighted by Gasteiger charge is 2.21. The predicted molar refractivity (Wildman–Crippen MR) is 115 cm³/mol. The van der Waals surface area contributed by atoms with Gasteiger partial charge in [0.1, 0.15) is 5.75 Å². The first-order valence-corrected chi connectivity index (χ1v) is 10.8. The van der Waals surface area contributed by atoms with Gasteiger partial charge in [-0.05, 0) is 55.6 Å². The molecule has 0 spiro atoms. The summed E-state index contributed by atoms with van der Waals surface area (Å²) in [5, 5.41) is 4.82. The van der Waals surface area contributed by atoms with Crippen LogP contribution in [-0.4, -0.2) is 47.3 Å². The molecule has 0 saturated carbocycles. The van der Waals surface area contributed by atoms with Gasteiger partial charge in [0.05, 0.1) is 24.3 Å². The van der Waals surface area contributed by atoms with E-state index in [4.69, 9.17) is 14.0 Å². The number of rotatable bonds is 10. The Kier molecular flexibility index (Phi) is 6.74. The van der Waals surface area contributed by atoms with Crippen molar-refractivity contribution in [2.45, 2.75) is 26.2 Å². The third-order valence-corrected chi connectivity index (χ3v) is 5.92. The molecule has 0 radical (unpaired) electrons. The fourth-order valence-corrected chi connectivity index (χ4v) is 4.28. The molecule has 0 atom stereocenters. The molecule has 0 amide bonds. The summed E-state index contributed by atoms with van der Waals surface area (Å²) in [6.07, 6.45) is 7.03. The van der Waals surface area contributed by atoms with Crippen molar-refractivity contribution in [2.24, 2.45) is 0 Å². The standard InChI is InChI=1S/C21H26N4O3S/c1-2-26-21-19-7-6-18(16-20(19)28-23-21)27-15-5-3-4-12-24-13-14-25(29-24)17-8-10-22-11-9-17/h6-11,16H,2-5,12-15H2,1H3. The first-order valence-electron chi connectivity index (χ1n) is 10.1. The highest BCUT2D eigenvalue weighted by molar-refractivity contribution is 7.98. The molecule has 0 aliphatic carbocycles. The number of anilines is 1. The van der Waals surface area contributed by atoms with E-state index in [1.807, 2.05) is 49.7 Å². The zero-order valence-corrected chi connectivity index (χ0v) is 17.4. The van der Waals surface area contributed by atoms with Gasteiger partial charge in [0.15, 0.2) is 5.58 Å². The summed E-state index contributed by atoms with van der Waals surface area (Å²) in [6, 6.07) is 9.87. The molecule has 1 aliphatic heterocycles. The molecule has 29 heavy (non-hydrogen) atoms. The van der Waals surface area contributed by atoms with Crippen molar-refractivity contribution in [3.8, 4) is 11.6 Å². The van der Waals surface area contributed by atoms with Crippen molar-refractivity contribution < 1.29 is 14.0 Å². The summed E-state index contributed by atoms with van der Waals surface area (Å²) in [6.45, 7) is 6.43. The van der Waals surface area contributed by atoms with E-state index in [1.165, 1.54) is 12.1 Å². The molecule has 4 rings (SSSR count). The lowest BCUT2D eigenvalue weighted by atomic mass is 10.2. The van der Waals surface area contributed by atoms with Crippen LogP contribution in [0.2, 0.25) is 0 Å². The zero-order valence-electron chi connectivity index (χ0n) is 16.6. The molecule has 0 unspecified atom stereocenters. The number of hydrogen-bond donors (Lipinski definition) is 0. The largest absolute Gasteiger partial charge is 0.493 e. The van der Waals surface area contributed by atoms with Crippen LogP contribution in [0.3, 0.4) is 0 Å². The van der Waals surface area contributed by atoms with Crippen LogP contribution < -0.4 is 13.8 Å². The number of aromatic nitrogens is 2. The Labute approximate surface area is 175 Å². The second kappa shape index (κ2) is 9.84. The molecule has 1 aliphatic rings. The summed E-state index contributed by atoms with van der Waals surface area (Å²) in [7, 11) is 0. The molecular weight excluding hydrogens is 388 g/mol. The number of unbranched alkanes of at least 4 members (excludes halogenated alkanes) is 2. The van der Waals surface area contributed by atoms with Crippen molar-refractivity contribution in [2.75, 3.05) is 37.2 Å². The first kappa shape index (κ1) is 19.8. The van der Waals surface area contributed by atoms with E-state index in [2.05, 4.69) is 30.9 Å². The zero-order chi connectivity index (χ0) is 19.9. The first-order chi connectivity index (χ1) is 14.3. The summed E-state index contributed by atoms with van der Waals surface area (Å²) >= 11 is 1.81. The molecule has 3 aromatic rings. The topological polar surface area (TPSA) is 63.9 Å². The number of ether oxygens (including phenoxy) is 2. The van der Waals surface area contributed by atoms with Gasteiger partial charge in [-0.3, -0.25) is 4.98 Å². The van der Waals surface area contributed by atoms with E-state index in [-0.39, 0.29) is 0 Å². The molecule has 8 heteroatoms. The molecule has 1 saturated heterocycles. The van der Waals surface area contributed by atoms with E-state index in [9.17, 15) is 0 Å². The van der Waals surface area contributed by atoms with Crippen molar-refractivity contribution in [1.29, 1.82) is 0 Å². The van der Waals surface area contributed by atoms with Crippen LogP contribution in [0.15, 0.2) is 47.2 Å². The number of fused-ring (bicyclic) bond motifs is 1. The molecule has 1 fully saturated rings. The van der Waals surface area contributed by atoms with E-state index >= 15 is 0 Å². The number of benzene rings is 1. The van der Waals surface area contributed by atoms with Crippen LogP contribution in [-0.2, 0) is 0 Å². The van der Waals surface area contributed by atoms with Gasteiger partial charge in [0, 0.05) is 50.2 Å². The van der Waals surface area contributed by atoms with Gasteiger partial charge in [-0.1, -0.05) is 0 Å². The van der Waals surface area contributed by atoms with Crippen molar-refractivity contribution in [1.82, 2.24) is 14.4 Å². The minimum atomic E-state index is 0.538. The molecule has 1 aromatic carbocycles. The number of nitrogens with zero attached hydrogens (tertiary/aromatic N) is 4. The van der Waals surface area contributed by atoms with Crippen molar-refractivity contribution in [3.05, 3.63) is 42.7 Å².